The molecule has 0 saturated carbocycles. The maximum absolute atomic E-state index is 14.8. The van der Waals surface area contributed by atoms with Crippen molar-refractivity contribution in [3.63, 3.8) is 0 Å². The van der Waals surface area contributed by atoms with Gasteiger partial charge >= 0.3 is 0 Å². The molecule has 0 aromatic heterocycles. The minimum atomic E-state index is -1.10. The predicted molar refractivity (Wildman–Crippen MR) is 195 cm³/mol. The van der Waals surface area contributed by atoms with Gasteiger partial charge in [-0.3, -0.25) is 19.2 Å². The first-order valence-electron chi connectivity index (χ1n) is 17.1. The van der Waals surface area contributed by atoms with Crippen molar-refractivity contribution < 1.29 is 24.3 Å². The van der Waals surface area contributed by atoms with E-state index in [9.17, 15) is 24.3 Å². The largest absolute Gasteiger partial charge is 0.391 e. The van der Waals surface area contributed by atoms with Crippen molar-refractivity contribution in [2.45, 2.75) is 97.9 Å². The van der Waals surface area contributed by atoms with Gasteiger partial charge in [0.05, 0.1) is 17.8 Å². The van der Waals surface area contributed by atoms with Crippen LogP contribution >= 0.6 is 0 Å². The van der Waals surface area contributed by atoms with Crippen LogP contribution in [0.2, 0.25) is 0 Å². The molecule has 9 heteroatoms. The van der Waals surface area contributed by atoms with Crippen LogP contribution in [-0.4, -0.2) is 52.8 Å². The van der Waals surface area contributed by atoms with Crippen molar-refractivity contribution in [1.29, 1.82) is 0 Å². The maximum atomic E-state index is 14.8. The number of aliphatic hydroxyl groups excluding tert-OH is 1. The average Bonchev–Trinajstić information content (AvgIpc) is 3.04. The van der Waals surface area contributed by atoms with E-state index in [1.54, 1.807) is 24.3 Å². The fraction of sp³-hybridized carbons (Fsp3) is 0.450. The molecule has 9 nitrogen and oxygen atoms in total. The van der Waals surface area contributed by atoms with Gasteiger partial charge in [0.25, 0.3) is 5.91 Å². The Morgan fingerprint density at radius 3 is 1.84 bits per heavy atom. The minimum Gasteiger partial charge on any atom is -0.391 e. The van der Waals surface area contributed by atoms with Crippen LogP contribution in [0.1, 0.15) is 82.3 Å². The Morgan fingerprint density at radius 2 is 1.29 bits per heavy atom. The number of hydrogen-bond donors (Lipinski definition) is 4. The second-order valence-electron chi connectivity index (χ2n) is 14.7. The maximum Gasteiger partial charge on any atom is 0.256 e. The molecule has 0 aliphatic rings. The van der Waals surface area contributed by atoms with Crippen LogP contribution in [0, 0.1) is 17.3 Å². The van der Waals surface area contributed by atoms with Crippen molar-refractivity contribution >= 4 is 29.2 Å². The molecular weight excluding hydrogens is 616 g/mol. The second kappa shape index (κ2) is 18.0. The Morgan fingerprint density at radius 1 is 0.755 bits per heavy atom. The quantitative estimate of drug-likeness (QED) is 0.152. The standard InChI is InChI=1S/C40H54N4O5/c1-26(2)21-33(42)37(47)31-19-13-14-20-34(31)44(38(48)27(3)43-36(46)25-40(4,5)6)39(49)30(22-28-15-9-7-10-16-28)24-35(45)32(41)23-29-17-11-8-12-18-29/h7-20,26-27,30,32-33,35,45H,21-25,41-42H2,1-6H3,(H,43,46)/t27-,30+,32-,33-,35-/m0/s1. The molecule has 3 aromatic rings. The third kappa shape index (κ3) is 12.0. The predicted octanol–water partition coefficient (Wildman–Crippen LogP) is 5.22. The molecule has 0 radical (unpaired) electrons. The van der Waals surface area contributed by atoms with Gasteiger partial charge < -0.3 is 21.9 Å². The Hall–Kier alpha value is -4.18. The summed E-state index contributed by atoms with van der Waals surface area (Å²) in [7, 11) is 0. The molecular formula is C40H54N4O5. The van der Waals surface area contributed by atoms with Crippen molar-refractivity contribution in [1.82, 2.24) is 5.32 Å². The zero-order valence-corrected chi connectivity index (χ0v) is 29.8. The van der Waals surface area contributed by atoms with Gasteiger partial charge in [0.1, 0.15) is 6.04 Å². The number of hydrogen-bond acceptors (Lipinski definition) is 7. The number of carbonyl (C=O) groups is 4. The Kier molecular flexibility index (Phi) is 14.4. The molecule has 0 aliphatic heterocycles. The van der Waals surface area contributed by atoms with Gasteiger partial charge in [-0.1, -0.05) is 107 Å². The summed E-state index contributed by atoms with van der Waals surface area (Å²) in [5, 5.41) is 14.1. The number of Topliss-reactive ketones (excluding diaryl/α,β-unsaturated/α-hetero) is 1. The molecule has 0 unspecified atom stereocenters. The highest BCUT2D eigenvalue weighted by Crippen LogP contribution is 2.29. The summed E-state index contributed by atoms with van der Waals surface area (Å²) >= 11 is 0. The normalized spacial score (nSPS) is 14.7. The number of nitrogens with two attached hydrogens (primary N) is 2. The molecule has 3 aromatic carbocycles. The fourth-order valence-corrected chi connectivity index (χ4v) is 5.91. The van der Waals surface area contributed by atoms with E-state index in [2.05, 4.69) is 5.32 Å². The van der Waals surface area contributed by atoms with Gasteiger partial charge in [-0.2, -0.15) is 0 Å². The smallest absolute Gasteiger partial charge is 0.256 e. The lowest BCUT2D eigenvalue weighted by atomic mass is 9.88. The molecule has 3 amide bonds. The zero-order chi connectivity index (χ0) is 36.3. The van der Waals surface area contributed by atoms with E-state index in [1.165, 1.54) is 6.92 Å². The van der Waals surface area contributed by atoms with Crippen LogP contribution in [0.5, 0.6) is 0 Å². The third-order valence-electron chi connectivity index (χ3n) is 8.36. The number of nitrogens with zero attached hydrogens (tertiary/aromatic N) is 1. The molecule has 6 N–H and O–H groups in total. The van der Waals surface area contributed by atoms with Crippen LogP contribution in [0.4, 0.5) is 5.69 Å². The number of ketones is 1. The number of para-hydroxylation sites is 1. The number of nitrogens with one attached hydrogen (secondary N) is 1. The van der Waals surface area contributed by atoms with Crippen LogP contribution in [-0.2, 0) is 27.2 Å². The van der Waals surface area contributed by atoms with Crippen LogP contribution in [0.3, 0.4) is 0 Å². The van der Waals surface area contributed by atoms with E-state index < -0.39 is 47.7 Å². The van der Waals surface area contributed by atoms with Crippen LogP contribution < -0.4 is 21.7 Å². The molecule has 49 heavy (non-hydrogen) atoms. The van der Waals surface area contributed by atoms with Crippen molar-refractivity contribution in [2.24, 2.45) is 28.7 Å². The van der Waals surface area contributed by atoms with Gasteiger partial charge in [-0.25, -0.2) is 4.90 Å². The summed E-state index contributed by atoms with van der Waals surface area (Å²) in [5.74, 6) is -2.83. The first-order chi connectivity index (χ1) is 23.1. The van der Waals surface area contributed by atoms with Gasteiger partial charge in [-0.15, -0.1) is 0 Å². The average molecular weight is 671 g/mol. The molecule has 264 valence electrons. The molecule has 0 bridgehead atoms. The zero-order valence-electron chi connectivity index (χ0n) is 29.8. The van der Waals surface area contributed by atoms with Gasteiger partial charge in [-0.05, 0) is 67.2 Å². The highest BCUT2D eigenvalue weighted by molar-refractivity contribution is 6.21. The van der Waals surface area contributed by atoms with Gasteiger partial charge in [0.2, 0.25) is 11.8 Å². The Labute approximate surface area is 291 Å². The monoisotopic (exact) mass is 670 g/mol. The molecule has 0 spiro atoms. The number of carbonyl (C=O) groups excluding carboxylic acids is 4. The lowest BCUT2D eigenvalue weighted by molar-refractivity contribution is -0.133. The van der Waals surface area contributed by atoms with E-state index in [1.807, 2.05) is 95.3 Å². The topological polar surface area (TPSA) is 156 Å². The first kappa shape index (κ1) is 39.3. The summed E-state index contributed by atoms with van der Waals surface area (Å²) < 4.78 is 0. The van der Waals surface area contributed by atoms with E-state index >= 15 is 0 Å². The molecule has 3 rings (SSSR count). The molecule has 0 fully saturated rings. The highest BCUT2D eigenvalue weighted by Gasteiger charge is 2.37. The summed E-state index contributed by atoms with van der Waals surface area (Å²) in [4.78, 5) is 56.9. The minimum absolute atomic E-state index is 0.0424. The number of amides is 3. The summed E-state index contributed by atoms with van der Waals surface area (Å²) in [6.45, 7) is 11.2. The Balaban J connectivity index is 2.08. The number of anilines is 1. The number of rotatable bonds is 16. The van der Waals surface area contributed by atoms with Gasteiger partial charge in [0, 0.05) is 23.9 Å². The highest BCUT2D eigenvalue weighted by atomic mass is 16.3. The fourth-order valence-electron chi connectivity index (χ4n) is 5.91. The van der Waals surface area contributed by atoms with Crippen molar-refractivity contribution in [2.75, 3.05) is 4.90 Å². The van der Waals surface area contributed by atoms with Crippen molar-refractivity contribution in [3.8, 4) is 0 Å². The number of aliphatic hydroxyl groups is 1. The van der Waals surface area contributed by atoms with E-state index in [0.29, 0.717) is 12.8 Å². The summed E-state index contributed by atoms with van der Waals surface area (Å²) in [6.07, 6.45) is 0.0377. The Bertz CT molecular complexity index is 1540. The summed E-state index contributed by atoms with van der Waals surface area (Å²) in [6, 6.07) is 22.6. The van der Waals surface area contributed by atoms with Crippen LogP contribution in [0.15, 0.2) is 84.9 Å². The van der Waals surface area contributed by atoms with E-state index in [0.717, 1.165) is 16.0 Å². The van der Waals surface area contributed by atoms with E-state index in [-0.39, 0.29) is 47.8 Å². The number of imide groups is 1. The molecule has 0 heterocycles. The lowest BCUT2D eigenvalue weighted by Gasteiger charge is -2.32. The lowest BCUT2D eigenvalue weighted by Crippen LogP contribution is -2.53. The molecule has 5 atom stereocenters. The SMILES string of the molecule is CC(C)C[C@H](N)C(=O)c1ccccc1N(C(=O)[C@H](Cc1ccccc1)C[C@H](O)[C@@H](N)Cc1ccccc1)C(=O)[C@H](C)NC(=O)CC(C)(C)C. The summed E-state index contributed by atoms with van der Waals surface area (Å²) in [5.41, 5.74) is 14.5. The molecule has 0 saturated heterocycles. The first-order valence-corrected chi connectivity index (χ1v) is 17.1. The van der Waals surface area contributed by atoms with Crippen LogP contribution in [0.25, 0.3) is 0 Å². The second-order valence-corrected chi connectivity index (χ2v) is 14.7. The van der Waals surface area contributed by atoms with Crippen molar-refractivity contribution in [3.05, 3.63) is 102 Å². The molecule has 0 aliphatic carbocycles. The van der Waals surface area contributed by atoms with Gasteiger partial charge in [0.15, 0.2) is 5.78 Å². The van der Waals surface area contributed by atoms with E-state index in [4.69, 9.17) is 11.5 Å². The third-order valence-corrected chi connectivity index (χ3v) is 8.36. The number of benzene rings is 3.